The fourth-order valence-corrected chi connectivity index (χ4v) is 2.95. The number of aromatic nitrogens is 2. The molecule has 0 aliphatic carbocycles. The first-order valence-corrected chi connectivity index (χ1v) is 8.17. The lowest BCUT2D eigenvalue weighted by Crippen LogP contribution is -2.44. The van der Waals surface area contributed by atoms with E-state index in [1.54, 1.807) is 19.4 Å². The Morgan fingerprint density at radius 3 is 2.88 bits per heavy atom. The summed E-state index contributed by atoms with van der Waals surface area (Å²) in [5.41, 5.74) is 1.67. The Balaban J connectivity index is 1.48. The van der Waals surface area contributed by atoms with E-state index in [1.165, 1.54) is 11.9 Å². The molecule has 2 aromatic rings. The van der Waals surface area contributed by atoms with Gasteiger partial charge in [-0.1, -0.05) is 12.1 Å². The van der Waals surface area contributed by atoms with Crippen molar-refractivity contribution in [3.05, 3.63) is 54.1 Å². The van der Waals surface area contributed by atoms with Crippen molar-refractivity contribution in [1.82, 2.24) is 20.2 Å². The first-order chi connectivity index (χ1) is 11.7. The second-order valence-corrected chi connectivity index (χ2v) is 5.97. The molecule has 1 aliphatic heterocycles. The molecule has 0 saturated carbocycles. The SMILES string of the molecule is COc1cccc(CN2CCC(NC(=O)c3ccncn3)CC2)c1. The zero-order valence-corrected chi connectivity index (χ0v) is 13.8. The van der Waals surface area contributed by atoms with Gasteiger partial charge in [-0.25, -0.2) is 9.97 Å². The van der Waals surface area contributed by atoms with Crippen LogP contribution in [0.4, 0.5) is 0 Å². The van der Waals surface area contributed by atoms with E-state index in [1.807, 2.05) is 12.1 Å². The van der Waals surface area contributed by atoms with E-state index in [2.05, 4.69) is 32.3 Å². The monoisotopic (exact) mass is 326 g/mol. The number of carbonyl (C=O) groups excluding carboxylic acids is 1. The van der Waals surface area contributed by atoms with Gasteiger partial charge in [-0.2, -0.15) is 0 Å². The average molecular weight is 326 g/mol. The summed E-state index contributed by atoms with van der Waals surface area (Å²) in [6.45, 7) is 2.83. The number of rotatable bonds is 5. The Bertz CT molecular complexity index is 670. The van der Waals surface area contributed by atoms with Crippen molar-refractivity contribution < 1.29 is 9.53 Å². The van der Waals surface area contributed by atoms with Gasteiger partial charge >= 0.3 is 0 Å². The molecular weight excluding hydrogens is 304 g/mol. The third kappa shape index (κ3) is 4.29. The molecule has 0 radical (unpaired) electrons. The zero-order valence-electron chi connectivity index (χ0n) is 13.8. The molecule has 1 fully saturated rings. The number of benzene rings is 1. The maximum absolute atomic E-state index is 12.1. The van der Waals surface area contributed by atoms with Crippen molar-refractivity contribution in [3.63, 3.8) is 0 Å². The Hall–Kier alpha value is -2.47. The maximum atomic E-state index is 12.1. The van der Waals surface area contributed by atoms with Crippen LogP contribution in [0.3, 0.4) is 0 Å². The molecule has 1 saturated heterocycles. The van der Waals surface area contributed by atoms with Gasteiger partial charge in [-0.05, 0) is 36.6 Å². The van der Waals surface area contributed by atoms with Gasteiger partial charge < -0.3 is 10.1 Å². The second-order valence-electron chi connectivity index (χ2n) is 5.97. The predicted molar refractivity (Wildman–Crippen MR) is 90.8 cm³/mol. The lowest BCUT2D eigenvalue weighted by molar-refractivity contribution is 0.0903. The quantitative estimate of drug-likeness (QED) is 0.909. The van der Waals surface area contributed by atoms with Crippen molar-refractivity contribution in [2.45, 2.75) is 25.4 Å². The number of ether oxygens (including phenoxy) is 1. The normalized spacial score (nSPS) is 15.9. The highest BCUT2D eigenvalue weighted by Crippen LogP contribution is 2.17. The molecule has 6 nitrogen and oxygen atoms in total. The van der Waals surface area contributed by atoms with Crippen LogP contribution in [0.5, 0.6) is 5.75 Å². The number of likely N-dealkylation sites (tertiary alicyclic amines) is 1. The number of amides is 1. The first-order valence-electron chi connectivity index (χ1n) is 8.17. The zero-order chi connectivity index (χ0) is 16.8. The van der Waals surface area contributed by atoms with Crippen molar-refractivity contribution >= 4 is 5.91 Å². The molecule has 0 bridgehead atoms. The molecule has 3 rings (SSSR count). The summed E-state index contributed by atoms with van der Waals surface area (Å²) in [5, 5.41) is 3.06. The van der Waals surface area contributed by atoms with Gasteiger partial charge in [0.15, 0.2) is 0 Å². The number of hydrogen-bond acceptors (Lipinski definition) is 5. The fourth-order valence-electron chi connectivity index (χ4n) is 2.95. The van der Waals surface area contributed by atoms with Crippen molar-refractivity contribution in [1.29, 1.82) is 0 Å². The lowest BCUT2D eigenvalue weighted by Gasteiger charge is -2.32. The molecule has 1 aromatic carbocycles. The van der Waals surface area contributed by atoms with Crippen LogP contribution in [0.15, 0.2) is 42.9 Å². The van der Waals surface area contributed by atoms with Crippen LogP contribution < -0.4 is 10.1 Å². The maximum Gasteiger partial charge on any atom is 0.270 e. The van der Waals surface area contributed by atoms with Gasteiger partial charge in [0.25, 0.3) is 5.91 Å². The second kappa shape index (κ2) is 7.88. The number of hydrogen-bond donors (Lipinski definition) is 1. The third-order valence-corrected chi connectivity index (χ3v) is 4.28. The van der Waals surface area contributed by atoms with Gasteiger partial charge in [0, 0.05) is 31.9 Å². The van der Waals surface area contributed by atoms with E-state index in [-0.39, 0.29) is 11.9 Å². The van der Waals surface area contributed by atoms with Gasteiger partial charge in [0.05, 0.1) is 7.11 Å². The van der Waals surface area contributed by atoms with Crippen LogP contribution in [0.25, 0.3) is 0 Å². The molecule has 126 valence electrons. The highest BCUT2D eigenvalue weighted by Gasteiger charge is 2.21. The van der Waals surface area contributed by atoms with Gasteiger partial charge in [-0.15, -0.1) is 0 Å². The van der Waals surface area contributed by atoms with Crippen LogP contribution in [-0.2, 0) is 6.54 Å². The van der Waals surface area contributed by atoms with E-state index in [0.717, 1.165) is 38.2 Å². The largest absolute Gasteiger partial charge is 0.497 e. The average Bonchev–Trinajstić information content (AvgIpc) is 2.64. The van der Waals surface area contributed by atoms with Gasteiger partial charge in [0.1, 0.15) is 17.8 Å². The van der Waals surface area contributed by atoms with Crippen LogP contribution >= 0.6 is 0 Å². The standard InChI is InChI=1S/C18H22N4O2/c1-24-16-4-2-3-14(11-16)12-22-9-6-15(7-10-22)21-18(23)17-5-8-19-13-20-17/h2-5,8,11,13,15H,6-7,9-10,12H2,1H3,(H,21,23). The van der Waals surface area contributed by atoms with E-state index in [0.29, 0.717) is 5.69 Å². The van der Waals surface area contributed by atoms with Gasteiger partial charge in [0.2, 0.25) is 0 Å². The number of nitrogens with zero attached hydrogens (tertiary/aromatic N) is 3. The smallest absolute Gasteiger partial charge is 0.270 e. The summed E-state index contributed by atoms with van der Waals surface area (Å²) in [6, 6.07) is 10.00. The van der Waals surface area contributed by atoms with Crippen LogP contribution in [0, 0.1) is 0 Å². The van der Waals surface area contributed by atoms with Crippen molar-refractivity contribution in [2.75, 3.05) is 20.2 Å². The summed E-state index contributed by atoms with van der Waals surface area (Å²) < 4.78 is 5.27. The van der Waals surface area contributed by atoms with Crippen molar-refractivity contribution in [3.8, 4) is 5.75 Å². The van der Waals surface area contributed by atoms with E-state index < -0.39 is 0 Å². The highest BCUT2D eigenvalue weighted by molar-refractivity contribution is 5.92. The molecule has 0 unspecified atom stereocenters. The summed E-state index contributed by atoms with van der Waals surface area (Å²) >= 11 is 0. The minimum absolute atomic E-state index is 0.122. The number of carbonyl (C=O) groups is 1. The molecule has 6 heteroatoms. The summed E-state index contributed by atoms with van der Waals surface area (Å²) in [5.74, 6) is 0.767. The molecule has 1 N–H and O–H groups in total. The van der Waals surface area contributed by atoms with Crippen LogP contribution in [-0.4, -0.2) is 47.0 Å². The van der Waals surface area contributed by atoms with E-state index >= 15 is 0 Å². The predicted octanol–water partition coefficient (Wildman–Crippen LogP) is 1.88. The molecule has 2 heterocycles. The molecule has 1 aromatic heterocycles. The lowest BCUT2D eigenvalue weighted by atomic mass is 10.0. The Morgan fingerprint density at radius 1 is 1.33 bits per heavy atom. The number of nitrogens with one attached hydrogen (secondary N) is 1. The minimum atomic E-state index is -0.122. The molecule has 0 spiro atoms. The minimum Gasteiger partial charge on any atom is -0.497 e. The highest BCUT2D eigenvalue weighted by atomic mass is 16.5. The van der Waals surface area contributed by atoms with Crippen molar-refractivity contribution in [2.24, 2.45) is 0 Å². The Kier molecular flexibility index (Phi) is 5.38. The van der Waals surface area contributed by atoms with Crippen LogP contribution in [0.1, 0.15) is 28.9 Å². The Morgan fingerprint density at radius 2 is 2.17 bits per heavy atom. The first kappa shape index (κ1) is 16.4. The van der Waals surface area contributed by atoms with Crippen LogP contribution in [0.2, 0.25) is 0 Å². The molecule has 1 aliphatic rings. The molecular formula is C18H22N4O2. The summed E-state index contributed by atoms with van der Waals surface area (Å²) in [4.78, 5) is 22.3. The molecule has 24 heavy (non-hydrogen) atoms. The fraction of sp³-hybridized carbons (Fsp3) is 0.389. The van der Waals surface area contributed by atoms with Gasteiger partial charge in [-0.3, -0.25) is 9.69 Å². The van der Waals surface area contributed by atoms with E-state index in [9.17, 15) is 4.79 Å². The third-order valence-electron chi connectivity index (χ3n) is 4.28. The molecule has 0 atom stereocenters. The molecule has 1 amide bonds. The topological polar surface area (TPSA) is 67.3 Å². The number of methoxy groups -OCH3 is 1. The van der Waals surface area contributed by atoms with E-state index in [4.69, 9.17) is 4.74 Å². The number of piperidine rings is 1. The Labute approximate surface area is 141 Å². The summed E-state index contributed by atoms with van der Waals surface area (Å²) in [6.07, 6.45) is 4.87. The summed E-state index contributed by atoms with van der Waals surface area (Å²) in [7, 11) is 1.69.